The van der Waals surface area contributed by atoms with E-state index in [0.29, 0.717) is 11.3 Å². The van der Waals surface area contributed by atoms with E-state index in [2.05, 4.69) is 4.72 Å². The van der Waals surface area contributed by atoms with Gasteiger partial charge in [-0.2, -0.15) is 0 Å². The first-order valence-corrected chi connectivity index (χ1v) is 8.64. The molecule has 0 spiro atoms. The molecule has 0 saturated heterocycles. The summed E-state index contributed by atoms with van der Waals surface area (Å²) < 4.78 is 26.5. The normalized spacial score (nSPS) is 11.4. The molecule has 0 aliphatic heterocycles. The molecule has 0 aliphatic carbocycles. The highest BCUT2D eigenvalue weighted by atomic mass is 32.2. The van der Waals surface area contributed by atoms with Crippen LogP contribution in [0.4, 0.5) is 5.69 Å². The lowest BCUT2D eigenvalue weighted by Crippen LogP contribution is -2.25. The van der Waals surface area contributed by atoms with Gasteiger partial charge in [-0.25, -0.2) is 13.5 Å². The molecule has 2 aromatic carbocycles. The lowest BCUT2D eigenvalue weighted by atomic mass is 10.2. The van der Waals surface area contributed by atoms with Crippen LogP contribution in [0.15, 0.2) is 60.0 Å². The van der Waals surface area contributed by atoms with Crippen LogP contribution in [0.2, 0.25) is 0 Å². The van der Waals surface area contributed by atoms with Gasteiger partial charge in [-0.05, 0) is 35.9 Å². The number of nitrogens with one attached hydrogen (secondary N) is 1. The molecule has 2 rings (SSSR count). The molecular formula is C17H18N2O4S. The van der Waals surface area contributed by atoms with Crippen molar-refractivity contribution < 1.29 is 18.0 Å². The lowest BCUT2D eigenvalue weighted by Gasteiger charge is -2.13. The van der Waals surface area contributed by atoms with Crippen molar-refractivity contribution in [3.05, 3.63) is 71.1 Å². The number of rotatable bonds is 6. The molecule has 7 heteroatoms. The zero-order valence-corrected chi connectivity index (χ0v) is 14.2. The maximum atomic E-state index is 12.1. The van der Waals surface area contributed by atoms with Crippen molar-refractivity contribution in [1.82, 2.24) is 5.06 Å². The summed E-state index contributed by atoms with van der Waals surface area (Å²) in [6, 6.07) is 15.2. The highest BCUT2D eigenvalue weighted by Crippen LogP contribution is 2.14. The number of hydrogen-bond donors (Lipinski definition) is 1. The second kappa shape index (κ2) is 7.76. The zero-order chi connectivity index (χ0) is 17.6. The second-order valence-electron chi connectivity index (χ2n) is 4.92. The Bertz CT molecular complexity index is 815. The number of benzene rings is 2. The van der Waals surface area contributed by atoms with Crippen molar-refractivity contribution in [2.45, 2.75) is 0 Å². The van der Waals surface area contributed by atoms with Crippen molar-refractivity contribution in [3.63, 3.8) is 0 Å². The summed E-state index contributed by atoms with van der Waals surface area (Å²) in [4.78, 5) is 16.7. The molecule has 6 nitrogen and oxygen atoms in total. The molecule has 0 radical (unpaired) electrons. The maximum Gasteiger partial charge on any atom is 0.277 e. The SMILES string of the molecule is CON(C)C(=O)c1ccc(NS(=O)(=O)/C=C/c2ccccc2)cc1. The monoisotopic (exact) mass is 346 g/mol. The quantitative estimate of drug-likeness (QED) is 0.816. The van der Waals surface area contributed by atoms with Gasteiger partial charge in [0.2, 0.25) is 0 Å². The van der Waals surface area contributed by atoms with Crippen LogP contribution in [0.1, 0.15) is 15.9 Å². The summed E-state index contributed by atoms with van der Waals surface area (Å²) in [5.41, 5.74) is 1.54. The largest absolute Gasteiger partial charge is 0.280 e. The van der Waals surface area contributed by atoms with Gasteiger partial charge in [0.1, 0.15) is 0 Å². The Morgan fingerprint density at radius 3 is 2.29 bits per heavy atom. The Labute approximate surface area is 141 Å². The number of hydroxylamine groups is 2. The van der Waals surface area contributed by atoms with Gasteiger partial charge in [0.05, 0.1) is 12.5 Å². The smallest absolute Gasteiger partial charge is 0.277 e. The molecule has 24 heavy (non-hydrogen) atoms. The summed E-state index contributed by atoms with van der Waals surface area (Å²) in [7, 11) is -0.756. The summed E-state index contributed by atoms with van der Waals surface area (Å²) in [5, 5.41) is 2.18. The molecule has 1 N–H and O–H groups in total. The minimum Gasteiger partial charge on any atom is -0.280 e. The Kier molecular flexibility index (Phi) is 5.73. The van der Waals surface area contributed by atoms with E-state index in [9.17, 15) is 13.2 Å². The van der Waals surface area contributed by atoms with E-state index >= 15 is 0 Å². The van der Waals surface area contributed by atoms with Gasteiger partial charge in [-0.1, -0.05) is 30.3 Å². The number of anilines is 1. The van der Waals surface area contributed by atoms with Crippen LogP contribution in [-0.2, 0) is 14.9 Å². The first-order valence-electron chi connectivity index (χ1n) is 7.09. The molecule has 0 unspecified atom stereocenters. The molecule has 0 atom stereocenters. The summed E-state index contributed by atoms with van der Waals surface area (Å²) in [6.45, 7) is 0. The van der Waals surface area contributed by atoms with Crippen LogP contribution in [0.3, 0.4) is 0 Å². The van der Waals surface area contributed by atoms with E-state index in [-0.39, 0.29) is 5.91 Å². The van der Waals surface area contributed by atoms with E-state index in [1.165, 1.54) is 44.5 Å². The van der Waals surface area contributed by atoms with Gasteiger partial charge in [0, 0.05) is 18.3 Å². The molecule has 0 bridgehead atoms. The van der Waals surface area contributed by atoms with Gasteiger partial charge in [0.25, 0.3) is 15.9 Å². The number of hydrogen-bond acceptors (Lipinski definition) is 4. The predicted molar refractivity (Wildman–Crippen MR) is 93.6 cm³/mol. The molecule has 0 heterocycles. The van der Waals surface area contributed by atoms with E-state index in [0.717, 1.165) is 16.0 Å². The fourth-order valence-electron chi connectivity index (χ4n) is 1.88. The van der Waals surface area contributed by atoms with Crippen molar-refractivity contribution in [2.75, 3.05) is 18.9 Å². The molecule has 0 fully saturated rings. The third-order valence-corrected chi connectivity index (χ3v) is 4.21. The van der Waals surface area contributed by atoms with E-state index in [1.807, 2.05) is 18.2 Å². The second-order valence-corrected chi connectivity index (χ2v) is 6.49. The average molecular weight is 346 g/mol. The van der Waals surface area contributed by atoms with Crippen LogP contribution in [0.25, 0.3) is 6.08 Å². The third kappa shape index (κ3) is 4.94. The minimum absolute atomic E-state index is 0.323. The van der Waals surface area contributed by atoms with E-state index < -0.39 is 10.0 Å². The molecule has 0 aromatic heterocycles. The number of carbonyl (C=O) groups is 1. The van der Waals surface area contributed by atoms with Gasteiger partial charge in [0.15, 0.2) is 0 Å². The fourth-order valence-corrected chi connectivity index (χ4v) is 2.75. The fraction of sp³-hybridized carbons (Fsp3) is 0.118. The highest BCUT2D eigenvalue weighted by molar-refractivity contribution is 7.95. The molecule has 2 aromatic rings. The van der Waals surface area contributed by atoms with Crippen LogP contribution in [0.5, 0.6) is 0 Å². The third-order valence-electron chi connectivity index (χ3n) is 3.19. The van der Waals surface area contributed by atoms with Crippen molar-refractivity contribution in [3.8, 4) is 0 Å². The first kappa shape index (κ1) is 17.7. The van der Waals surface area contributed by atoms with Gasteiger partial charge < -0.3 is 0 Å². The zero-order valence-electron chi connectivity index (χ0n) is 13.3. The predicted octanol–water partition coefficient (Wildman–Crippen LogP) is 2.73. The maximum absolute atomic E-state index is 12.1. The first-order chi connectivity index (χ1) is 11.4. The molecule has 0 aliphatic rings. The standard InChI is InChI=1S/C17H18N2O4S/c1-19(23-2)17(20)15-8-10-16(11-9-15)18-24(21,22)13-12-14-6-4-3-5-7-14/h3-13,18H,1-2H3/b13-12+. The van der Waals surface area contributed by atoms with Crippen molar-refractivity contribution in [1.29, 1.82) is 0 Å². The van der Waals surface area contributed by atoms with E-state index in [1.54, 1.807) is 12.1 Å². The van der Waals surface area contributed by atoms with Crippen molar-refractivity contribution in [2.24, 2.45) is 0 Å². The topological polar surface area (TPSA) is 75.7 Å². The molecule has 1 amide bonds. The Hall–Kier alpha value is -2.64. The lowest BCUT2D eigenvalue weighted by molar-refractivity contribution is -0.0756. The number of carbonyl (C=O) groups excluding carboxylic acids is 1. The van der Waals surface area contributed by atoms with Crippen molar-refractivity contribution >= 4 is 27.7 Å². The van der Waals surface area contributed by atoms with Crippen LogP contribution in [0, 0.1) is 0 Å². The minimum atomic E-state index is -3.64. The number of nitrogens with zero attached hydrogens (tertiary/aromatic N) is 1. The van der Waals surface area contributed by atoms with Crippen LogP contribution in [-0.4, -0.2) is 33.5 Å². The summed E-state index contributed by atoms with van der Waals surface area (Å²) in [6.07, 6.45) is 1.51. The molecule has 0 saturated carbocycles. The van der Waals surface area contributed by atoms with Crippen LogP contribution >= 0.6 is 0 Å². The average Bonchev–Trinajstić information content (AvgIpc) is 2.60. The number of sulfonamides is 1. The summed E-state index contributed by atoms with van der Waals surface area (Å²) in [5.74, 6) is -0.323. The van der Waals surface area contributed by atoms with Gasteiger partial charge in [-0.15, -0.1) is 0 Å². The van der Waals surface area contributed by atoms with E-state index in [4.69, 9.17) is 4.84 Å². The highest BCUT2D eigenvalue weighted by Gasteiger charge is 2.12. The number of amides is 1. The Balaban J connectivity index is 2.07. The Morgan fingerprint density at radius 2 is 1.71 bits per heavy atom. The summed E-state index contributed by atoms with van der Waals surface area (Å²) >= 11 is 0. The molecular weight excluding hydrogens is 328 g/mol. The van der Waals surface area contributed by atoms with Gasteiger partial charge in [-0.3, -0.25) is 14.4 Å². The van der Waals surface area contributed by atoms with Crippen LogP contribution < -0.4 is 4.72 Å². The van der Waals surface area contributed by atoms with Gasteiger partial charge >= 0.3 is 0 Å². The molecule has 126 valence electrons. The Morgan fingerprint density at radius 1 is 1.08 bits per heavy atom.